The molecule has 0 saturated carbocycles. The molecule has 2 N–H and O–H groups in total. The minimum Gasteiger partial charge on any atom is -0.311 e. The normalized spacial score (nSPS) is 18.0. The Morgan fingerprint density at radius 1 is 1.38 bits per heavy atom. The second-order valence-electron chi connectivity index (χ2n) is 5.78. The Labute approximate surface area is 121 Å². The molecule has 0 saturated heterocycles. The molecule has 0 radical (unpaired) electrons. The van der Waals surface area contributed by atoms with Crippen molar-refractivity contribution >= 4 is 11.7 Å². The molecule has 2 aromatic rings. The van der Waals surface area contributed by atoms with Crippen LogP contribution in [0.2, 0.25) is 0 Å². The summed E-state index contributed by atoms with van der Waals surface area (Å²) in [4.78, 5) is 24.4. The molecule has 1 amide bonds. The van der Waals surface area contributed by atoms with Crippen molar-refractivity contribution < 1.29 is 4.79 Å². The van der Waals surface area contributed by atoms with Crippen molar-refractivity contribution in [2.75, 3.05) is 5.32 Å². The summed E-state index contributed by atoms with van der Waals surface area (Å²) in [7, 11) is 1.85. The van der Waals surface area contributed by atoms with E-state index in [1.54, 1.807) is 15.6 Å². The number of fused-ring (bicyclic) bond motifs is 1. The van der Waals surface area contributed by atoms with Crippen LogP contribution in [-0.4, -0.2) is 25.5 Å². The fourth-order valence-corrected chi connectivity index (χ4v) is 2.89. The van der Waals surface area contributed by atoms with E-state index in [2.05, 4.69) is 15.5 Å². The number of nitrogens with zero attached hydrogens (tertiary/aromatic N) is 3. The fourth-order valence-electron chi connectivity index (χ4n) is 2.89. The minimum absolute atomic E-state index is 0.0653. The van der Waals surface area contributed by atoms with E-state index in [4.69, 9.17) is 0 Å². The average molecular weight is 289 g/mol. The number of anilines is 1. The summed E-state index contributed by atoms with van der Waals surface area (Å²) < 4.78 is 3.47. The van der Waals surface area contributed by atoms with E-state index in [1.807, 2.05) is 27.8 Å². The molecule has 7 heteroatoms. The molecule has 1 aliphatic heterocycles. The fraction of sp³-hybridized carbons (Fsp3) is 0.500. The molecule has 1 aliphatic rings. The lowest BCUT2D eigenvalue weighted by molar-refractivity contribution is -0.116. The zero-order valence-electron chi connectivity index (χ0n) is 12.6. The van der Waals surface area contributed by atoms with E-state index in [0.717, 1.165) is 11.3 Å². The minimum atomic E-state index is -0.244. The second-order valence-corrected chi connectivity index (χ2v) is 5.78. The summed E-state index contributed by atoms with van der Waals surface area (Å²) in [6.07, 6.45) is 2.01. The van der Waals surface area contributed by atoms with Crippen molar-refractivity contribution in [2.24, 2.45) is 7.05 Å². The van der Waals surface area contributed by atoms with Crippen LogP contribution in [0, 0.1) is 6.92 Å². The van der Waals surface area contributed by atoms with Crippen molar-refractivity contribution in [2.45, 2.75) is 39.2 Å². The summed E-state index contributed by atoms with van der Waals surface area (Å²) >= 11 is 0. The number of hydrogen-bond acceptors (Lipinski definition) is 3. The van der Waals surface area contributed by atoms with Crippen molar-refractivity contribution in [1.82, 2.24) is 19.6 Å². The first-order valence-electron chi connectivity index (χ1n) is 7.03. The molecular formula is C14H19N5O2. The topological polar surface area (TPSA) is 84.7 Å². The first-order chi connectivity index (χ1) is 9.90. The SMILES string of the molecule is Cc1c([C@H]2CC(=O)Nc3c2c(=O)[nH]n3C(C)C)cnn1C. The predicted octanol–water partition coefficient (Wildman–Crippen LogP) is 1.27. The van der Waals surface area contributed by atoms with Gasteiger partial charge >= 0.3 is 0 Å². The Morgan fingerprint density at radius 2 is 2.10 bits per heavy atom. The third kappa shape index (κ3) is 2.00. The largest absolute Gasteiger partial charge is 0.311 e. The highest BCUT2D eigenvalue weighted by atomic mass is 16.2. The summed E-state index contributed by atoms with van der Waals surface area (Å²) in [5.41, 5.74) is 2.38. The van der Waals surface area contributed by atoms with Crippen molar-refractivity contribution in [3.05, 3.63) is 33.4 Å². The van der Waals surface area contributed by atoms with Gasteiger partial charge in [0.1, 0.15) is 5.82 Å². The second kappa shape index (κ2) is 4.61. The van der Waals surface area contributed by atoms with Crippen LogP contribution in [0.15, 0.2) is 11.0 Å². The van der Waals surface area contributed by atoms with E-state index in [-0.39, 0.29) is 29.8 Å². The van der Waals surface area contributed by atoms with E-state index in [0.29, 0.717) is 11.4 Å². The van der Waals surface area contributed by atoms with Gasteiger partial charge in [-0.1, -0.05) is 0 Å². The number of carbonyl (C=O) groups is 1. The predicted molar refractivity (Wildman–Crippen MR) is 78.5 cm³/mol. The first-order valence-corrected chi connectivity index (χ1v) is 7.03. The van der Waals surface area contributed by atoms with E-state index < -0.39 is 0 Å². The lowest BCUT2D eigenvalue weighted by atomic mass is 9.87. The van der Waals surface area contributed by atoms with Crippen LogP contribution in [0.3, 0.4) is 0 Å². The van der Waals surface area contributed by atoms with Gasteiger partial charge in [-0.2, -0.15) is 5.10 Å². The maximum atomic E-state index is 12.3. The number of aromatic nitrogens is 4. The highest BCUT2D eigenvalue weighted by Crippen LogP contribution is 2.36. The van der Waals surface area contributed by atoms with Crippen molar-refractivity contribution in [3.8, 4) is 0 Å². The molecule has 0 bridgehead atoms. The molecular weight excluding hydrogens is 270 g/mol. The van der Waals surface area contributed by atoms with E-state index in [9.17, 15) is 9.59 Å². The number of carbonyl (C=O) groups excluding carboxylic acids is 1. The standard InChI is InChI=1S/C14H19N5O2/c1-7(2)19-13-12(14(21)17-19)9(5-11(20)16-13)10-6-15-18(4)8(10)3/h6-7,9H,5H2,1-4H3,(H,16,20)(H,17,21)/t9-/m1/s1. The molecule has 0 fully saturated rings. The molecule has 3 rings (SSSR count). The monoisotopic (exact) mass is 289 g/mol. The summed E-state index contributed by atoms with van der Waals surface area (Å²) in [5.74, 6) is 0.259. The van der Waals surface area contributed by atoms with Gasteiger partial charge in [-0.05, 0) is 20.8 Å². The van der Waals surface area contributed by atoms with Crippen LogP contribution in [-0.2, 0) is 11.8 Å². The van der Waals surface area contributed by atoms with Crippen LogP contribution >= 0.6 is 0 Å². The molecule has 0 aliphatic carbocycles. The smallest absolute Gasteiger partial charge is 0.270 e. The third-order valence-electron chi connectivity index (χ3n) is 4.12. The average Bonchev–Trinajstić information content (AvgIpc) is 2.91. The Hall–Kier alpha value is -2.31. The Kier molecular flexibility index (Phi) is 3.00. The van der Waals surface area contributed by atoms with E-state index in [1.165, 1.54) is 0 Å². The van der Waals surface area contributed by atoms with Crippen LogP contribution in [0.5, 0.6) is 0 Å². The zero-order valence-corrected chi connectivity index (χ0v) is 12.6. The Balaban J connectivity index is 2.21. The van der Waals surface area contributed by atoms with Gasteiger partial charge in [0.05, 0.1) is 11.8 Å². The molecule has 21 heavy (non-hydrogen) atoms. The number of aryl methyl sites for hydroxylation is 1. The lowest BCUT2D eigenvalue weighted by Gasteiger charge is -2.23. The quantitative estimate of drug-likeness (QED) is 0.873. The van der Waals surface area contributed by atoms with Gasteiger partial charge in [0.15, 0.2) is 0 Å². The molecule has 2 aromatic heterocycles. The molecule has 1 atom stereocenters. The van der Waals surface area contributed by atoms with Gasteiger partial charge in [0.2, 0.25) is 5.91 Å². The maximum Gasteiger partial charge on any atom is 0.270 e. The van der Waals surface area contributed by atoms with Crippen LogP contribution in [0.1, 0.15) is 49.0 Å². The Bertz CT molecular complexity index is 765. The van der Waals surface area contributed by atoms with Gasteiger partial charge < -0.3 is 5.32 Å². The first kappa shape index (κ1) is 13.7. The zero-order chi connectivity index (χ0) is 15.3. The number of rotatable bonds is 2. The van der Waals surface area contributed by atoms with Crippen LogP contribution in [0.4, 0.5) is 5.82 Å². The number of hydrogen-bond donors (Lipinski definition) is 2. The van der Waals surface area contributed by atoms with Gasteiger partial charge in [-0.15, -0.1) is 0 Å². The van der Waals surface area contributed by atoms with Gasteiger partial charge in [0, 0.05) is 36.7 Å². The third-order valence-corrected chi connectivity index (χ3v) is 4.12. The molecule has 0 aromatic carbocycles. The number of nitrogens with one attached hydrogen (secondary N) is 2. The molecule has 7 nitrogen and oxygen atoms in total. The Morgan fingerprint density at radius 3 is 2.67 bits per heavy atom. The van der Waals surface area contributed by atoms with Crippen molar-refractivity contribution in [1.29, 1.82) is 0 Å². The molecule has 112 valence electrons. The summed E-state index contributed by atoms with van der Waals surface area (Å²) in [5, 5.41) is 9.87. The molecule has 0 unspecified atom stereocenters. The van der Waals surface area contributed by atoms with Crippen LogP contribution < -0.4 is 10.9 Å². The highest BCUT2D eigenvalue weighted by Gasteiger charge is 2.34. The van der Waals surface area contributed by atoms with Crippen LogP contribution in [0.25, 0.3) is 0 Å². The lowest BCUT2D eigenvalue weighted by Crippen LogP contribution is -2.27. The molecule has 3 heterocycles. The van der Waals surface area contributed by atoms with Crippen molar-refractivity contribution in [3.63, 3.8) is 0 Å². The molecule has 0 spiro atoms. The number of H-pyrrole nitrogens is 1. The van der Waals surface area contributed by atoms with Gasteiger partial charge in [-0.25, -0.2) is 0 Å². The van der Waals surface area contributed by atoms with E-state index >= 15 is 0 Å². The number of amides is 1. The van der Waals surface area contributed by atoms with Gasteiger partial charge in [0.25, 0.3) is 5.56 Å². The highest BCUT2D eigenvalue weighted by molar-refractivity contribution is 5.94. The summed E-state index contributed by atoms with van der Waals surface area (Å²) in [6, 6.07) is 0.0653. The summed E-state index contributed by atoms with van der Waals surface area (Å²) in [6.45, 7) is 5.87. The number of aromatic amines is 1. The van der Waals surface area contributed by atoms with Gasteiger partial charge in [-0.3, -0.25) is 24.1 Å². The maximum absolute atomic E-state index is 12.3.